The van der Waals surface area contributed by atoms with Gasteiger partial charge < -0.3 is 10.2 Å². The van der Waals surface area contributed by atoms with Gasteiger partial charge in [0.25, 0.3) is 0 Å². The summed E-state index contributed by atoms with van der Waals surface area (Å²) in [7, 11) is 2.00. The molecule has 1 N–H and O–H groups in total. The molecule has 1 aliphatic heterocycles. The lowest BCUT2D eigenvalue weighted by atomic mass is 10.0. The molecule has 0 atom stereocenters. The van der Waals surface area contributed by atoms with Gasteiger partial charge in [0.1, 0.15) is 0 Å². The van der Waals surface area contributed by atoms with E-state index >= 15 is 0 Å². The third-order valence-electron chi connectivity index (χ3n) is 3.86. The molecule has 1 amide bonds. The van der Waals surface area contributed by atoms with Crippen molar-refractivity contribution in [3.05, 3.63) is 42.0 Å². The van der Waals surface area contributed by atoms with Crippen LogP contribution in [0.2, 0.25) is 0 Å². The van der Waals surface area contributed by atoms with Gasteiger partial charge >= 0.3 is 6.18 Å². The summed E-state index contributed by atoms with van der Waals surface area (Å²) in [4.78, 5) is 15.4. The van der Waals surface area contributed by atoms with Crippen LogP contribution in [0.4, 0.5) is 18.9 Å². The molecule has 0 aromatic heterocycles. The van der Waals surface area contributed by atoms with Gasteiger partial charge in [0.2, 0.25) is 5.91 Å². The zero-order valence-corrected chi connectivity index (χ0v) is 13.0. The Morgan fingerprint density at radius 2 is 1.96 bits per heavy atom. The molecule has 4 nitrogen and oxygen atoms in total. The quantitative estimate of drug-likeness (QED) is 0.864. The van der Waals surface area contributed by atoms with E-state index in [1.807, 2.05) is 11.9 Å². The SMILES string of the molecule is C=CC(=O)Nc1ccc(CN2CCN(C)CC2)c(C(F)(F)F)c1. The number of carbonyl (C=O) groups is 1. The number of nitrogens with zero attached hydrogens (tertiary/aromatic N) is 2. The minimum absolute atomic E-state index is 0.115. The molecule has 0 saturated carbocycles. The van der Waals surface area contributed by atoms with Crippen molar-refractivity contribution in [3.63, 3.8) is 0 Å². The second kappa shape index (κ2) is 7.14. The number of carbonyl (C=O) groups excluding carboxylic acids is 1. The average Bonchev–Trinajstić information content (AvgIpc) is 2.50. The highest BCUT2D eigenvalue weighted by Gasteiger charge is 2.34. The number of piperazine rings is 1. The molecule has 1 saturated heterocycles. The Balaban J connectivity index is 2.21. The molecule has 0 radical (unpaired) electrons. The number of hydrogen-bond donors (Lipinski definition) is 1. The Hall–Kier alpha value is -1.86. The number of nitrogens with one attached hydrogen (secondary N) is 1. The molecule has 0 spiro atoms. The van der Waals surface area contributed by atoms with E-state index in [1.54, 1.807) is 0 Å². The van der Waals surface area contributed by atoms with E-state index in [0.717, 1.165) is 38.3 Å². The first-order valence-corrected chi connectivity index (χ1v) is 7.34. The predicted octanol–water partition coefficient (Wildman–Crippen LogP) is 2.58. The Morgan fingerprint density at radius 3 is 2.52 bits per heavy atom. The Kier molecular flexibility index (Phi) is 5.43. The van der Waals surface area contributed by atoms with Crippen LogP contribution in [0.3, 0.4) is 0 Å². The highest BCUT2D eigenvalue weighted by Crippen LogP contribution is 2.34. The zero-order chi connectivity index (χ0) is 17.0. The van der Waals surface area contributed by atoms with Crippen molar-refractivity contribution < 1.29 is 18.0 Å². The summed E-state index contributed by atoms with van der Waals surface area (Å²) in [6.45, 7) is 6.69. The molecule has 1 fully saturated rings. The smallest absolute Gasteiger partial charge is 0.323 e. The molecule has 1 heterocycles. The normalized spacial score (nSPS) is 17.0. The summed E-state index contributed by atoms with van der Waals surface area (Å²) in [6, 6.07) is 3.90. The highest BCUT2D eigenvalue weighted by molar-refractivity contribution is 5.98. The van der Waals surface area contributed by atoms with Crippen LogP contribution in [0.1, 0.15) is 11.1 Å². The van der Waals surface area contributed by atoms with E-state index in [2.05, 4.69) is 16.8 Å². The molecular formula is C16H20F3N3O. The maximum absolute atomic E-state index is 13.3. The van der Waals surface area contributed by atoms with Crippen molar-refractivity contribution >= 4 is 11.6 Å². The van der Waals surface area contributed by atoms with Gasteiger partial charge in [0, 0.05) is 38.4 Å². The molecule has 1 aromatic carbocycles. The average molecular weight is 327 g/mol. The Morgan fingerprint density at radius 1 is 1.30 bits per heavy atom. The Bertz CT molecular complexity index is 578. The topological polar surface area (TPSA) is 35.6 Å². The van der Waals surface area contributed by atoms with E-state index in [1.165, 1.54) is 12.1 Å². The van der Waals surface area contributed by atoms with Crippen molar-refractivity contribution in [2.75, 3.05) is 38.5 Å². The summed E-state index contributed by atoms with van der Waals surface area (Å²) < 4.78 is 39.9. The third kappa shape index (κ3) is 4.80. The summed E-state index contributed by atoms with van der Waals surface area (Å²) in [5.41, 5.74) is -0.374. The molecule has 1 aliphatic rings. The van der Waals surface area contributed by atoms with Crippen molar-refractivity contribution in [1.29, 1.82) is 0 Å². The van der Waals surface area contributed by atoms with Crippen LogP contribution < -0.4 is 5.32 Å². The van der Waals surface area contributed by atoms with Crippen LogP contribution in [0.25, 0.3) is 0 Å². The lowest BCUT2D eigenvalue weighted by Crippen LogP contribution is -2.44. The second-order valence-electron chi connectivity index (χ2n) is 5.64. The van der Waals surface area contributed by atoms with E-state index in [-0.39, 0.29) is 17.8 Å². The summed E-state index contributed by atoms with van der Waals surface area (Å²) >= 11 is 0. The molecular weight excluding hydrogens is 307 g/mol. The van der Waals surface area contributed by atoms with Crippen molar-refractivity contribution in [1.82, 2.24) is 9.80 Å². The number of alkyl halides is 3. The first-order chi connectivity index (χ1) is 10.8. The summed E-state index contributed by atoms with van der Waals surface area (Å²) in [6.07, 6.45) is -3.44. The van der Waals surface area contributed by atoms with Crippen LogP contribution in [0.15, 0.2) is 30.9 Å². The molecule has 126 valence electrons. The van der Waals surface area contributed by atoms with Crippen LogP contribution in [0.5, 0.6) is 0 Å². The van der Waals surface area contributed by atoms with E-state index in [0.29, 0.717) is 0 Å². The predicted molar refractivity (Wildman–Crippen MR) is 83.0 cm³/mol. The number of rotatable bonds is 4. The maximum atomic E-state index is 13.3. The summed E-state index contributed by atoms with van der Waals surface area (Å²) in [5.74, 6) is -0.537. The van der Waals surface area contributed by atoms with Gasteiger partial charge in [0.15, 0.2) is 0 Å². The largest absolute Gasteiger partial charge is 0.416 e. The molecule has 2 rings (SSSR count). The minimum atomic E-state index is -4.46. The van der Waals surface area contributed by atoms with Crippen LogP contribution in [-0.2, 0) is 17.5 Å². The van der Waals surface area contributed by atoms with Crippen molar-refractivity contribution in [2.24, 2.45) is 0 Å². The molecule has 7 heteroatoms. The summed E-state index contributed by atoms with van der Waals surface area (Å²) in [5, 5.41) is 2.36. The number of amides is 1. The number of benzene rings is 1. The minimum Gasteiger partial charge on any atom is -0.323 e. The molecule has 1 aromatic rings. The standard InChI is InChI=1S/C16H20F3N3O/c1-3-15(23)20-13-5-4-12(14(10-13)16(17,18)19)11-22-8-6-21(2)7-9-22/h3-5,10H,1,6-9,11H2,2H3,(H,20,23). The molecule has 0 bridgehead atoms. The fraction of sp³-hybridized carbons (Fsp3) is 0.438. The van der Waals surface area contributed by atoms with Gasteiger partial charge in [-0.2, -0.15) is 13.2 Å². The number of likely N-dealkylation sites (N-methyl/N-ethyl adjacent to an activating group) is 1. The fourth-order valence-electron chi connectivity index (χ4n) is 2.50. The van der Waals surface area contributed by atoms with E-state index in [4.69, 9.17) is 0 Å². The van der Waals surface area contributed by atoms with Crippen LogP contribution >= 0.6 is 0 Å². The van der Waals surface area contributed by atoms with Crippen molar-refractivity contribution in [3.8, 4) is 0 Å². The highest BCUT2D eigenvalue weighted by atomic mass is 19.4. The monoisotopic (exact) mass is 327 g/mol. The van der Waals surface area contributed by atoms with Gasteiger partial charge in [-0.25, -0.2) is 0 Å². The zero-order valence-electron chi connectivity index (χ0n) is 13.0. The van der Waals surface area contributed by atoms with Crippen molar-refractivity contribution in [2.45, 2.75) is 12.7 Å². The lowest BCUT2D eigenvalue weighted by molar-refractivity contribution is -0.138. The molecule has 0 aliphatic carbocycles. The van der Waals surface area contributed by atoms with Gasteiger partial charge in [-0.05, 0) is 30.8 Å². The number of hydrogen-bond acceptors (Lipinski definition) is 3. The van der Waals surface area contributed by atoms with E-state index < -0.39 is 17.6 Å². The Labute approximate surface area is 133 Å². The second-order valence-corrected chi connectivity index (χ2v) is 5.64. The number of halogens is 3. The van der Waals surface area contributed by atoms with E-state index in [9.17, 15) is 18.0 Å². The lowest BCUT2D eigenvalue weighted by Gasteiger charge is -2.33. The van der Waals surface area contributed by atoms with Gasteiger partial charge in [0.05, 0.1) is 5.56 Å². The van der Waals surface area contributed by atoms with Crippen LogP contribution in [0, 0.1) is 0 Å². The van der Waals surface area contributed by atoms with Gasteiger partial charge in [-0.1, -0.05) is 12.6 Å². The number of anilines is 1. The molecule has 23 heavy (non-hydrogen) atoms. The first kappa shape index (κ1) is 17.5. The first-order valence-electron chi connectivity index (χ1n) is 7.34. The maximum Gasteiger partial charge on any atom is 0.416 e. The van der Waals surface area contributed by atoms with Gasteiger partial charge in [-0.15, -0.1) is 0 Å². The fourth-order valence-corrected chi connectivity index (χ4v) is 2.50. The third-order valence-corrected chi connectivity index (χ3v) is 3.86. The molecule has 0 unspecified atom stereocenters. The van der Waals surface area contributed by atoms with Crippen LogP contribution in [-0.4, -0.2) is 48.9 Å². The van der Waals surface area contributed by atoms with Gasteiger partial charge in [-0.3, -0.25) is 9.69 Å².